The van der Waals surface area contributed by atoms with E-state index in [1.54, 1.807) is 0 Å². The molecule has 0 saturated carbocycles. The van der Waals surface area contributed by atoms with Gasteiger partial charge in [0.1, 0.15) is 5.82 Å². The number of amides is 1. The van der Waals surface area contributed by atoms with Crippen LogP contribution in [0, 0.1) is 0 Å². The van der Waals surface area contributed by atoms with E-state index >= 15 is 0 Å². The summed E-state index contributed by atoms with van der Waals surface area (Å²) in [6.45, 7) is 4.47. The van der Waals surface area contributed by atoms with Gasteiger partial charge in [-0.15, -0.1) is 0 Å². The summed E-state index contributed by atoms with van der Waals surface area (Å²) in [6.07, 6.45) is 0.122. The molecule has 1 amide bonds. The van der Waals surface area contributed by atoms with Crippen LogP contribution in [0.25, 0.3) is 0 Å². The predicted molar refractivity (Wildman–Crippen MR) is 82.2 cm³/mol. The van der Waals surface area contributed by atoms with E-state index in [1.165, 1.54) is 6.07 Å². The highest BCUT2D eigenvalue weighted by Crippen LogP contribution is 2.29. The van der Waals surface area contributed by atoms with Crippen LogP contribution < -0.4 is 4.90 Å². The van der Waals surface area contributed by atoms with Crippen molar-refractivity contribution in [1.29, 1.82) is 0 Å². The van der Waals surface area contributed by atoms with Gasteiger partial charge in [0.05, 0.1) is 5.56 Å². The fourth-order valence-electron chi connectivity index (χ4n) is 2.61. The van der Waals surface area contributed by atoms with Gasteiger partial charge in [-0.05, 0) is 18.6 Å². The number of carbonyl (C=O) groups is 1. The molecule has 1 aromatic rings. The first kappa shape index (κ1) is 17.6. The Morgan fingerprint density at radius 2 is 1.87 bits per heavy atom. The Morgan fingerprint density at radius 1 is 1.17 bits per heavy atom. The number of aromatic nitrogens is 1. The summed E-state index contributed by atoms with van der Waals surface area (Å²) >= 11 is 0. The van der Waals surface area contributed by atoms with Crippen LogP contribution >= 0.6 is 0 Å². The fourth-order valence-corrected chi connectivity index (χ4v) is 2.61. The summed E-state index contributed by atoms with van der Waals surface area (Å²) in [7, 11) is 0. The van der Waals surface area contributed by atoms with Gasteiger partial charge in [-0.25, -0.2) is 4.98 Å². The van der Waals surface area contributed by atoms with E-state index in [-0.39, 0.29) is 5.91 Å². The molecular weight excluding hydrogens is 307 g/mol. The molecule has 4 nitrogen and oxygen atoms in total. The van der Waals surface area contributed by atoms with E-state index in [0.717, 1.165) is 31.5 Å². The van der Waals surface area contributed by atoms with Gasteiger partial charge in [0.15, 0.2) is 0 Å². The molecule has 1 aromatic heterocycles. The second-order valence-electron chi connectivity index (χ2n) is 5.73. The molecule has 0 aliphatic carbocycles. The third-order valence-electron chi connectivity index (χ3n) is 4.03. The predicted octanol–water partition coefficient (Wildman–Crippen LogP) is 3.33. The number of halogens is 3. The van der Waals surface area contributed by atoms with Crippen molar-refractivity contribution in [3.63, 3.8) is 0 Å². The molecule has 2 heterocycles. The van der Waals surface area contributed by atoms with Crippen molar-refractivity contribution in [3.8, 4) is 0 Å². The Hall–Kier alpha value is -1.79. The molecule has 1 aliphatic rings. The Balaban J connectivity index is 1.85. The van der Waals surface area contributed by atoms with Crippen LogP contribution in [0.5, 0.6) is 0 Å². The molecule has 0 aromatic carbocycles. The number of anilines is 1. The largest absolute Gasteiger partial charge is 0.417 e. The Labute approximate surface area is 134 Å². The van der Waals surface area contributed by atoms with Gasteiger partial charge in [-0.1, -0.05) is 19.8 Å². The number of pyridine rings is 1. The lowest BCUT2D eigenvalue weighted by atomic mass is 10.2. The van der Waals surface area contributed by atoms with Crippen LogP contribution in [0.2, 0.25) is 0 Å². The van der Waals surface area contributed by atoms with E-state index in [4.69, 9.17) is 0 Å². The monoisotopic (exact) mass is 329 g/mol. The number of alkyl halides is 3. The number of hydrogen-bond donors (Lipinski definition) is 0. The molecule has 1 saturated heterocycles. The highest BCUT2D eigenvalue weighted by molar-refractivity contribution is 5.76. The minimum atomic E-state index is -4.37. The number of unbranched alkanes of at least 4 members (excludes halogenated alkanes) is 2. The molecule has 0 atom stereocenters. The van der Waals surface area contributed by atoms with Crippen LogP contribution in [-0.2, 0) is 11.0 Å². The van der Waals surface area contributed by atoms with E-state index in [9.17, 15) is 18.0 Å². The van der Waals surface area contributed by atoms with Crippen molar-refractivity contribution in [2.45, 2.75) is 38.8 Å². The van der Waals surface area contributed by atoms with Crippen LogP contribution in [0.1, 0.15) is 38.2 Å². The van der Waals surface area contributed by atoms with E-state index < -0.39 is 11.7 Å². The Bertz CT molecular complexity index is 508. The minimum absolute atomic E-state index is 0.165. The van der Waals surface area contributed by atoms with Gasteiger partial charge in [0.25, 0.3) is 0 Å². The van der Waals surface area contributed by atoms with Crippen LogP contribution in [0.15, 0.2) is 18.3 Å². The van der Waals surface area contributed by atoms with Crippen LogP contribution in [0.3, 0.4) is 0 Å². The number of piperazine rings is 1. The van der Waals surface area contributed by atoms with Crippen LogP contribution in [0.4, 0.5) is 19.0 Å². The summed E-state index contributed by atoms with van der Waals surface area (Å²) in [5, 5.41) is 0. The third-order valence-corrected chi connectivity index (χ3v) is 4.03. The van der Waals surface area contributed by atoms with E-state index in [2.05, 4.69) is 11.9 Å². The first-order valence-corrected chi connectivity index (χ1v) is 7.98. The van der Waals surface area contributed by atoms with Gasteiger partial charge in [-0.2, -0.15) is 13.2 Å². The molecular formula is C16H22F3N3O. The van der Waals surface area contributed by atoms with E-state index in [0.29, 0.717) is 38.4 Å². The summed E-state index contributed by atoms with van der Waals surface area (Å²) < 4.78 is 37.6. The van der Waals surface area contributed by atoms with Gasteiger partial charge >= 0.3 is 6.18 Å². The third kappa shape index (κ3) is 4.84. The van der Waals surface area contributed by atoms with Crippen LogP contribution in [-0.4, -0.2) is 42.0 Å². The molecule has 0 bridgehead atoms. The van der Waals surface area contributed by atoms with Crippen molar-refractivity contribution in [2.75, 3.05) is 31.1 Å². The second kappa shape index (κ2) is 7.66. The number of rotatable bonds is 5. The normalized spacial score (nSPS) is 15.8. The molecule has 128 valence electrons. The van der Waals surface area contributed by atoms with Gasteiger partial charge in [-0.3, -0.25) is 4.79 Å². The van der Waals surface area contributed by atoms with Crippen molar-refractivity contribution < 1.29 is 18.0 Å². The average Bonchev–Trinajstić information content (AvgIpc) is 2.54. The smallest absolute Gasteiger partial charge is 0.353 e. The molecule has 0 spiro atoms. The zero-order valence-corrected chi connectivity index (χ0v) is 13.3. The lowest BCUT2D eigenvalue weighted by Crippen LogP contribution is -2.49. The average molecular weight is 329 g/mol. The number of carbonyl (C=O) groups excluding carboxylic acids is 1. The Kier molecular flexibility index (Phi) is 5.85. The lowest BCUT2D eigenvalue weighted by molar-refractivity contribution is -0.137. The molecule has 2 rings (SSSR count). The SMILES string of the molecule is CCCCCC(=O)N1CCN(c2ccc(C(F)(F)F)cn2)CC1. The van der Waals surface area contributed by atoms with Gasteiger partial charge in [0, 0.05) is 38.8 Å². The maximum atomic E-state index is 12.5. The highest BCUT2D eigenvalue weighted by Gasteiger charge is 2.31. The zero-order chi connectivity index (χ0) is 16.9. The summed E-state index contributed by atoms with van der Waals surface area (Å²) in [4.78, 5) is 19.7. The standard InChI is InChI=1S/C16H22F3N3O/c1-2-3-4-5-15(23)22-10-8-21(9-11-22)14-7-6-13(12-20-14)16(17,18)19/h6-7,12H,2-5,8-11H2,1H3. The molecule has 0 radical (unpaired) electrons. The fraction of sp³-hybridized carbons (Fsp3) is 0.625. The van der Waals surface area contributed by atoms with E-state index in [1.807, 2.05) is 9.80 Å². The van der Waals surface area contributed by atoms with Gasteiger partial charge < -0.3 is 9.80 Å². The molecule has 7 heteroatoms. The first-order chi connectivity index (χ1) is 10.9. The molecule has 0 N–H and O–H groups in total. The number of hydrogen-bond acceptors (Lipinski definition) is 3. The van der Waals surface area contributed by atoms with Crippen molar-refractivity contribution in [1.82, 2.24) is 9.88 Å². The van der Waals surface area contributed by atoms with Crippen molar-refractivity contribution >= 4 is 11.7 Å². The summed E-state index contributed by atoms with van der Waals surface area (Å²) in [6, 6.07) is 2.44. The molecule has 23 heavy (non-hydrogen) atoms. The summed E-state index contributed by atoms with van der Waals surface area (Å²) in [5.41, 5.74) is -0.744. The lowest BCUT2D eigenvalue weighted by Gasteiger charge is -2.35. The number of nitrogens with zero attached hydrogens (tertiary/aromatic N) is 3. The van der Waals surface area contributed by atoms with Crippen molar-refractivity contribution in [3.05, 3.63) is 23.9 Å². The zero-order valence-electron chi connectivity index (χ0n) is 13.3. The Morgan fingerprint density at radius 3 is 2.39 bits per heavy atom. The second-order valence-corrected chi connectivity index (χ2v) is 5.73. The van der Waals surface area contributed by atoms with Crippen molar-refractivity contribution in [2.24, 2.45) is 0 Å². The maximum absolute atomic E-state index is 12.5. The topological polar surface area (TPSA) is 36.4 Å². The summed E-state index contributed by atoms with van der Waals surface area (Å²) in [5.74, 6) is 0.689. The van der Waals surface area contributed by atoms with Gasteiger partial charge in [0.2, 0.25) is 5.91 Å². The maximum Gasteiger partial charge on any atom is 0.417 e. The molecule has 1 fully saturated rings. The quantitative estimate of drug-likeness (QED) is 0.778. The molecule has 0 unspecified atom stereocenters. The first-order valence-electron chi connectivity index (χ1n) is 7.98. The minimum Gasteiger partial charge on any atom is -0.353 e. The molecule has 1 aliphatic heterocycles. The highest BCUT2D eigenvalue weighted by atomic mass is 19.4.